The molecule has 8 heteroatoms. The van der Waals surface area contributed by atoms with E-state index >= 15 is 0 Å². The summed E-state index contributed by atoms with van der Waals surface area (Å²) >= 11 is 0. The molecule has 0 radical (unpaired) electrons. The SMILES string of the molecule is Cc1cnc2cc(CC[C@@]3(C)C[C@@H](n4ccc5c(N)ncnc54)[C@@H]4OC(C)(C)O[C@@H]43)ccn12. The van der Waals surface area contributed by atoms with Gasteiger partial charge in [0.25, 0.3) is 0 Å². The molecule has 2 fully saturated rings. The van der Waals surface area contributed by atoms with Crippen molar-refractivity contribution in [2.75, 3.05) is 5.73 Å². The molecule has 4 aromatic rings. The van der Waals surface area contributed by atoms with Crippen LogP contribution in [0.25, 0.3) is 16.7 Å². The Labute approximate surface area is 192 Å². The Bertz CT molecular complexity index is 1360. The average molecular weight is 447 g/mol. The summed E-state index contributed by atoms with van der Waals surface area (Å²) in [4.78, 5) is 13.2. The fourth-order valence-electron chi connectivity index (χ4n) is 5.81. The summed E-state index contributed by atoms with van der Waals surface area (Å²) in [5.41, 5.74) is 10.3. The molecule has 0 aromatic carbocycles. The van der Waals surface area contributed by atoms with E-state index in [0.29, 0.717) is 5.82 Å². The Kier molecular flexibility index (Phi) is 4.38. The molecule has 5 heterocycles. The largest absolute Gasteiger partial charge is 0.383 e. The molecule has 0 bridgehead atoms. The highest BCUT2D eigenvalue weighted by Crippen LogP contribution is 2.55. The van der Waals surface area contributed by atoms with E-state index in [0.717, 1.165) is 41.6 Å². The molecule has 0 unspecified atom stereocenters. The molecule has 33 heavy (non-hydrogen) atoms. The van der Waals surface area contributed by atoms with E-state index in [1.165, 1.54) is 11.9 Å². The molecule has 2 aliphatic rings. The van der Waals surface area contributed by atoms with Crippen LogP contribution in [0.5, 0.6) is 0 Å². The summed E-state index contributed by atoms with van der Waals surface area (Å²) in [6.07, 6.45) is 10.5. The number of aromatic nitrogens is 5. The van der Waals surface area contributed by atoms with E-state index in [9.17, 15) is 0 Å². The number of imidazole rings is 1. The Balaban J connectivity index is 1.32. The molecule has 0 amide bonds. The lowest BCUT2D eigenvalue weighted by Crippen LogP contribution is -2.34. The van der Waals surface area contributed by atoms with Gasteiger partial charge in [0.2, 0.25) is 0 Å². The third-order valence-electron chi connectivity index (χ3n) is 7.52. The normalized spacial score (nSPS) is 28.7. The second-order valence-corrected chi connectivity index (χ2v) is 10.3. The predicted octanol–water partition coefficient (Wildman–Crippen LogP) is 4.07. The first-order valence-electron chi connectivity index (χ1n) is 11.6. The van der Waals surface area contributed by atoms with Crippen LogP contribution in [0.3, 0.4) is 0 Å². The van der Waals surface area contributed by atoms with E-state index in [-0.39, 0.29) is 23.7 Å². The van der Waals surface area contributed by atoms with Crippen molar-refractivity contribution in [1.29, 1.82) is 0 Å². The van der Waals surface area contributed by atoms with Gasteiger partial charge < -0.3 is 24.2 Å². The standard InChI is InChI=1S/C25H30N6O2/c1-15-13-27-19-11-16(6-9-30(15)19)5-8-25(4)12-18(20-21(25)33-24(2,3)32-20)31-10-7-17-22(26)28-14-29-23(17)31/h6-7,9-11,13-14,18,20-21H,5,8,12H2,1-4H3,(H2,26,28,29)/t18-,20+,21+,25+/m1/s1. The third kappa shape index (κ3) is 3.23. The maximum atomic E-state index is 6.50. The summed E-state index contributed by atoms with van der Waals surface area (Å²) in [6, 6.07) is 6.50. The van der Waals surface area contributed by atoms with Gasteiger partial charge in [0.1, 0.15) is 29.5 Å². The van der Waals surface area contributed by atoms with Gasteiger partial charge >= 0.3 is 0 Å². The number of nitrogen functional groups attached to an aromatic ring is 1. The first-order chi connectivity index (χ1) is 15.7. The van der Waals surface area contributed by atoms with Crippen molar-refractivity contribution < 1.29 is 9.47 Å². The lowest BCUT2D eigenvalue weighted by Gasteiger charge is -2.32. The van der Waals surface area contributed by atoms with Crippen molar-refractivity contribution in [2.45, 2.75) is 71.0 Å². The van der Waals surface area contributed by atoms with Crippen LogP contribution in [0, 0.1) is 12.3 Å². The fraction of sp³-hybridized carbons (Fsp3) is 0.480. The topological polar surface area (TPSA) is 92.5 Å². The zero-order chi connectivity index (χ0) is 23.0. The molecule has 172 valence electrons. The van der Waals surface area contributed by atoms with Gasteiger partial charge in [-0.1, -0.05) is 6.92 Å². The van der Waals surface area contributed by atoms with Crippen LogP contribution < -0.4 is 5.73 Å². The molecule has 4 atom stereocenters. The molecule has 8 nitrogen and oxygen atoms in total. The van der Waals surface area contributed by atoms with Gasteiger partial charge in [0.15, 0.2) is 5.79 Å². The lowest BCUT2D eigenvalue weighted by molar-refractivity contribution is -0.168. The van der Waals surface area contributed by atoms with Crippen LogP contribution >= 0.6 is 0 Å². The molecule has 4 aromatic heterocycles. The Morgan fingerprint density at radius 3 is 2.82 bits per heavy atom. The van der Waals surface area contributed by atoms with Crippen LogP contribution in [0.1, 0.15) is 50.9 Å². The van der Waals surface area contributed by atoms with E-state index in [1.54, 1.807) is 0 Å². The number of hydrogen-bond acceptors (Lipinski definition) is 6. The van der Waals surface area contributed by atoms with Gasteiger partial charge in [-0.2, -0.15) is 0 Å². The van der Waals surface area contributed by atoms with Crippen molar-refractivity contribution in [3.05, 3.63) is 54.4 Å². The highest BCUT2D eigenvalue weighted by atomic mass is 16.8. The van der Waals surface area contributed by atoms with Gasteiger partial charge in [-0.05, 0) is 69.2 Å². The number of hydrogen-bond donors (Lipinski definition) is 1. The van der Waals surface area contributed by atoms with Crippen LogP contribution in [-0.2, 0) is 15.9 Å². The van der Waals surface area contributed by atoms with Crippen LogP contribution in [0.2, 0.25) is 0 Å². The second kappa shape index (κ2) is 7.01. The van der Waals surface area contributed by atoms with Crippen molar-refractivity contribution in [2.24, 2.45) is 5.41 Å². The zero-order valence-corrected chi connectivity index (χ0v) is 19.5. The van der Waals surface area contributed by atoms with Crippen molar-refractivity contribution in [3.8, 4) is 0 Å². The monoisotopic (exact) mass is 446 g/mol. The van der Waals surface area contributed by atoms with E-state index in [2.05, 4.69) is 62.3 Å². The number of aryl methyl sites for hydroxylation is 2. The average Bonchev–Trinajstić information content (AvgIpc) is 3.51. The summed E-state index contributed by atoms with van der Waals surface area (Å²) in [5.74, 6) is -0.108. The summed E-state index contributed by atoms with van der Waals surface area (Å²) in [6.45, 7) is 8.42. The number of nitrogens with two attached hydrogens (primary N) is 1. The fourth-order valence-corrected chi connectivity index (χ4v) is 5.81. The minimum Gasteiger partial charge on any atom is -0.383 e. The van der Waals surface area contributed by atoms with E-state index < -0.39 is 5.79 Å². The molecule has 1 saturated carbocycles. The number of pyridine rings is 1. The van der Waals surface area contributed by atoms with Crippen molar-refractivity contribution in [1.82, 2.24) is 23.9 Å². The number of rotatable bonds is 4. The minimum atomic E-state index is -0.613. The highest BCUT2D eigenvalue weighted by molar-refractivity contribution is 5.86. The van der Waals surface area contributed by atoms with E-state index in [4.69, 9.17) is 15.2 Å². The van der Waals surface area contributed by atoms with Gasteiger partial charge in [-0.15, -0.1) is 0 Å². The first-order valence-corrected chi connectivity index (χ1v) is 11.6. The molecule has 6 rings (SSSR count). The molecule has 2 N–H and O–H groups in total. The summed E-state index contributed by atoms with van der Waals surface area (Å²) < 4.78 is 17.3. The Morgan fingerprint density at radius 2 is 1.97 bits per heavy atom. The molecular weight excluding hydrogens is 416 g/mol. The van der Waals surface area contributed by atoms with Gasteiger partial charge in [0.05, 0.1) is 17.5 Å². The molecule has 1 aliphatic heterocycles. The van der Waals surface area contributed by atoms with Gasteiger partial charge in [0, 0.05) is 24.3 Å². The molecule has 1 aliphatic carbocycles. The first kappa shape index (κ1) is 20.6. The minimum absolute atomic E-state index is 0.00605. The zero-order valence-electron chi connectivity index (χ0n) is 19.5. The Morgan fingerprint density at radius 1 is 1.12 bits per heavy atom. The smallest absolute Gasteiger partial charge is 0.163 e. The van der Waals surface area contributed by atoms with Crippen LogP contribution in [-0.4, -0.2) is 41.9 Å². The molecule has 0 spiro atoms. The summed E-state index contributed by atoms with van der Waals surface area (Å²) in [7, 11) is 0. The number of ether oxygens (including phenoxy) is 2. The number of fused-ring (bicyclic) bond motifs is 3. The van der Waals surface area contributed by atoms with Gasteiger partial charge in [-0.3, -0.25) is 0 Å². The Hall–Kier alpha value is -2.97. The third-order valence-corrected chi connectivity index (χ3v) is 7.52. The van der Waals surface area contributed by atoms with Crippen molar-refractivity contribution in [3.63, 3.8) is 0 Å². The number of anilines is 1. The summed E-state index contributed by atoms with van der Waals surface area (Å²) in [5, 5.41) is 0.879. The molecular formula is C25H30N6O2. The maximum Gasteiger partial charge on any atom is 0.163 e. The number of nitrogens with zero attached hydrogens (tertiary/aromatic N) is 5. The van der Waals surface area contributed by atoms with Crippen LogP contribution in [0.15, 0.2) is 43.1 Å². The quantitative estimate of drug-likeness (QED) is 0.508. The second-order valence-electron chi connectivity index (χ2n) is 10.3. The maximum absolute atomic E-state index is 6.50. The van der Waals surface area contributed by atoms with Crippen LogP contribution in [0.4, 0.5) is 5.82 Å². The van der Waals surface area contributed by atoms with Gasteiger partial charge in [-0.25, -0.2) is 15.0 Å². The lowest BCUT2D eigenvalue weighted by atomic mass is 9.80. The molecule has 1 saturated heterocycles. The van der Waals surface area contributed by atoms with E-state index in [1.807, 2.05) is 26.1 Å². The predicted molar refractivity (Wildman–Crippen MR) is 126 cm³/mol. The highest BCUT2D eigenvalue weighted by Gasteiger charge is 2.59. The van der Waals surface area contributed by atoms with Crippen molar-refractivity contribution >= 4 is 22.5 Å².